The maximum Gasteiger partial charge on any atom is 0.0594 e. The second-order valence-corrected chi connectivity index (χ2v) is 5.09. The molecule has 0 N–H and O–H groups in total. The highest BCUT2D eigenvalue weighted by Gasteiger charge is 2.08. The van der Waals surface area contributed by atoms with E-state index in [1.807, 2.05) is 0 Å². The SMILES string of the molecule is CCCOCCCCCCOCCN1CCOCC1. The van der Waals surface area contributed by atoms with Gasteiger partial charge in [0.15, 0.2) is 0 Å². The van der Waals surface area contributed by atoms with Crippen LogP contribution in [0.3, 0.4) is 0 Å². The van der Waals surface area contributed by atoms with Gasteiger partial charge in [-0.25, -0.2) is 0 Å². The number of rotatable bonds is 12. The predicted molar refractivity (Wildman–Crippen MR) is 77.7 cm³/mol. The number of hydrogen-bond donors (Lipinski definition) is 0. The number of nitrogens with zero attached hydrogens (tertiary/aromatic N) is 1. The zero-order chi connectivity index (χ0) is 13.6. The van der Waals surface area contributed by atoms with E-state index in [9.17, 15) is 0 Å². The topological polar surface area (TPSA) is 30.9 Å². The minimum Gasteiger partial charge on any atom is -0.381 e. The van der Waals surface area contributed by atoms with E-state index >= 15 is 0 Å². The van der Waals surface area contributed by atoms with E-state index in [4.69, 9.17) is 14.2 Å². The van der Waals surface area contributed by atoms with Crippen LogP contribution in [0.1, 0.15) is 39.0 Å². The standard InChI is InChI=1S/C15H31NO3/c1-2-10-17-11-5-3-4-6-12-18-13-7-16-8-14-19-15-9-16/h2-15H2,1H3. The molecule has 1 rings (SSSR count). The fourth-order valence-corrected chi connectivity index (χ4v) is 2.13. The van der Waals surface area contributed by atoms with E-state index in [2.05, 4.69) is 11.8 Å². The molecule has 1 saturated heterocycles. The number of ether oxygens (including phenoxy) is 3. The van der Waals surface area contributed by atoms with Gasteiger partial charge in [0.2, 0.25) is 0 Å². The Morgan fingerprint density at radius 2 is 1.47 bits per heavy atom. The highest BCUT2D eigenvalue weighted by atomic mass is 16.5. The van der Waals surface area contributed by atoms with Gasteiger partial charge >= 0.3 is 0 Å². The van der Waals surface area contributed by atoms with Crippen LogP contribution in [0.25, 0.3) is 0 Å². The minimum absolute atomic E-state index is 0.861. The molecular weight excluding hydrogens is 242 g/mol. The summed E-state index contributed by atoms with van der Waals surface area (Å²) in [5, 5.41) is 0. The van der Waals surface area contributed by atoms with Crippen molar-refractivity contribution in [3.05, 3.63) is 0 Å². The summed E-state index contributed by atoms with van der Waals surface area (Å²) in [7, 11) is 0. The second-order valence-electron chi connectivity index (χ2n) is 5.09. The van der Waals surface area contributed by atoms with Crippen molar-refractivity contribution in [3.8, 4) is 0 Å². The Bertz CT molecular complexity index is 184. The monoisotopic (exact) mass is 273 g/mol. The van der Waals surface area contributed by atoms with E-state index in [1.54, 1.807) is 0 Å². The molecule has 0 amide bonds. The highest BCUT2D eigenvalue weighted by molar-refractivity contribution is 4.60. The fraction of sp³-hybridized carbons (Fsp3) is 1.00. The molecule has 0 radical (unpaired) electrons. The van der Waals surface area contributed by atoms with Gasteiger partial charge in [0.25, 0.3) is 0 Å². The van der Waals surface area contributed by atoms with Crippen molar-refractivity contribution in [2.24, 2.45) is 0 Å². The molecular formula is C15H31NO3. The molecule has 0 aromatic heterocycles. The van der Waals surface area contributed by atoms with Gasteiger partial charge in [-0.05, 0) is 19.3 Å². The number of morpholine rings is 1. The third kappa shape index (κ3) is 10.3. The van der Waals surface area contributed by atoms with E-state index in [0.717, 1.165) is 65.7 Å². The molecule has 1 aliphatic heterocycles. The van der Waals surface area contributed by atoms with E-state index in [-0.39, 0.29) is 0 Å². The van der Waals surface area contributed by atoms with E-state index < -0.39 is 0 Å². The lowest BCUT2D eigenvalue weighted by Crippen LogP contribution is -2.38. The summed E-state index contributed by atoms with van der Waals surface area (Å²) in [5.41, 5.74) is 0. The Morgan fingerprint density at radius 1 is 0.842 bits per heavy atom. The summed E-state index contributed by atoms with van der Waals surface area (Å²) < 4.78 is 16.4. The highest BCUT2D eigenvalue weighted by Crippen LogP contribution is 2.01. The Labute approximate surface area is 118 Å². The zero-order valence-electron chi connectivity index (χ0n) is 12.6. The van der Waals surface area contributed by atoms with Crippen LogP contribution in [0.4, 0.5) is 0 Å². The predicted octanol–water partition coefficient (Wildman–Crippen LogP) is 2.32. The molecule has 0 saturated carbocycles. The third-order valence-corrected chi connectivity index (χ3v) is 3.33. The molecule has 0 spiro atoms. The van der Waals surface area contributed by atoms with Crippen LogP contribution in [0.15, 0.2) is 0 Å². The molecule has 4 nitrogen and oxygen atoms in total. The van der Waals surface area contributed by atoms with Gasteiger partial charge in [-0.2, -0.15) is 0 Å². The molecule has 1 aliphatic rings. The quantitative estimate of drug-likeness (QED) is 0.511. The molecule has 0 aromatic carbocycles. The fourth-order valence-electron chi connectivity index (χ4n) is 2.13. The Hall–Kier alpha value is -0.160. The first kappa shape index (κ1) is 16.9. The van der Waals surface area contributed by atoms with Crippen LogP contribution in [0.5, 0.6) is 0 Å². The molecule has 4 heteroatoms. The zero-order valence-corrected chi connectivity index (χ0v) is 12.6. The van der Waals surface area contributed by atoms with Crippen molar-refractivity contribution in [2.75, 3.05) is 59.3 Å². The van der Waals surface area contributed by atoms with Crippen molar-refractivity contribution in [1.29, 1.82) is 0 Å². The van der Waals surface area contributed by atoms with E-state index in [0.29, 0.717) is 0 Å². The molecule has 19 heavy (non-hydrogen) atoms. The minimum atomic E-state index is 0.861. The first-order valence-electron chi connectivity index (χ1n) is 7.89. The summed E-state index contributed by atoms with van der Waals surface area (Å²) in [6, 6.07) is 0. The Balaban J connectivity index is 1.71. The lowest BCUT2D eigenvalue weighted by Gasteiger charge is -2.26. The summed E-state index contributed by atoms with van der Waals surface area (Å²) in [4.78, 5) is 2.41. The lowest BCUT2D eigenvalue weighted by atomic mass is 10.2. The smallest absolute Gasteiger partial charge is 0.0594 e. The molecule has 1 heterocycles. The van der Waals surface area contributed by atoms with Gasteiger partial charge < -0.3 is 14.2 Å². The van der Waals surface area contributed by atoms with E-state index in [1.165, 1.54) is 25.7 Å². The van der Waals surface area contributed by atoms with Crippen molar-refractivity contribution in [1.82, 2.24) is 4.90 Å². The molecule has 114 valence electrons. The second kappa shape index (κ2) is 12.9. The van der Waals surface area contributed by atoms with Crippen molar-refractivity contribution >= 4 is 0 Å². The Kier molecular flexibility index (Phi) is 11.4. The van der Waals surface area contributed by atoms with Crippen LogP contribution in [-0.2, 0) is 14.2 Å². The summed E-state index contributed by atoms with van der Waals surface area (Å²) >= 11 is 0. The molecule has 0 atom stereocenters. The third-order valence-electron chi connectivity index (χ3n) is 3.33. The molecule has 0 bridgehead atoms. The van der Waals surface area contributed by atoms with Crippen molar-refractivity contribution in [3.63, 3.8) is 0 Å². The summed E-state index contributed by atoms with van der Waals surface area (Å²) in [6.07, 6.45) is 6.01. The first-order valence-corrected chi connectivity index (χ1v) is 7.89. The Morgan fingerprint density at radius 3 is 2.11 bits per heavy atom. The van der Waals surface area contributed by atoms with Gasteiger partial charge in [0.1, 0.15) is 0 Å². The maximum absolute atomic E-state index is 5.67. The first-order chi connectivity index (χ1) is 9.43. The van der Waals surface area contributed by atoms with Crippen LogP contribution in [0, 0.1) is 0 Å². The lowest BCUT2D eigenvalue weighted by molar-refractivity contribution is 0.0200. The average molecular weight is 273 g/mol. The average Bonchev–Trinajstić information content (AvgIpc) is 2.46. The summed E-state index contributed by atoms with van der Waals surface area (Å²) in [6.45, 7) is 10.7. The van der Waals surface area contributed by atoms with Crippen molar-refractivity contribution < 1.29 is 14.2 Å². The normalized spacial score (nSPS) is 16.9. The number of hydrogen-bond acceptors (Lipinski definition) is 4. The maximum atomic E-state index is 5.67. The molecule has 0 aromatic rings. The van der Waals surface area contributed by atoms with Crippen LogP contribution < -0.4 is 0 Å². The van der Waals surface area contributed by atoms with Crippen LogP contribution in [0.2, 0.25) is 0 Å². The molecule has 1 fully saturated rings. The van der Waals surface area contributed by atoms with Gasteiger partial charge in [-0.15, -0.1) is 0 Å². The van der Waals surface area contributed by atoms with Crippen LogP contribution in [-0.4, -0.2) is 64.2 Å². The van der Waals surface area contributed by atoms with Gasteiger partial charge in [-0.1, -0.05) is 19.8 Å². The molecule has 0 unspecified atom stereocenters. The van der Waals surface area contributed by atoms with Crippen molar-refractivity contribution in [2.45, 2.75) is 39.0 Å². The largest absolute Gasteiger partial charge is 0.381 e. The van der Waals surface area contributed by atoms with Gasteiger partial charge in [0, 0.05) is 39.5 Å². The van der Waals surface area contributed by atoms with Gasteiger partial charge in [0.05, 0.1) is 19.8 Å². The molecule has 0 aliphatic carbocycles. The number of unbranched alkanes of at least 4 members (excludes halogenated alkanes) is 3. The van der Waals surface area contributed by atoms with Gasteiger partial charge in [-0.3, -0.25) is 4.90 Å². The summed E-state index contributed by atoms with van der Waals surface area (Å²) in [5.74, 6) is 0. The van der Waals surface area contributed by atoms with Crippen LogP contribution >= 0.6 is 0 Å².